The van der Waals surface area contributed by atoms with Crippen molar-refractivity contribution in [3.05, 3.63) is 36.2 Å². The van der Waals surface area contributed by atoms with Gasteiger partial charge >= 0.3 is 0 Å². The smallest absolute Gasteiger partial charge is 0.0627 e. The number of pyridine rings is 1. The molecule has 0 amide bonds. The van der Waals surface area contributed by atoms with Gasteiger partial charge in [-0.3, -0.25) is 4.98 Å². The molecule has 0 spiro atoms. The SMILES string of the molecule is C=Cc1cccc(CCBr)n1. The Hall–Kier alpha value is -0.630. The molecule has 1 rings (SSSR count). The molecule has 1 aromatic rings. The molecular weight excluding hydrogens is 202 g/mol. The van der Waals surface area contributed by atoms with Crippen LogP contribution in [0.15, 0.2) is 24.8 Å². The van der Waals surface area contributed by atoms with E-state index in [0.29, 0.717) is 0 Å². The number of aromatic nitrogens is 1. The Morgan fingerprint density at radius 2 is 2.36 bits per heavy atom. The summed E-state index contributed by atoms with van der Waals surface area (Å²) in [7, 11) is 0. The molecule has 11 heavy (non-hydrogen) atoms. The monoisotopic (exact) mass is 211 g/mol. The Labute approximate surface area is 75.3 Å². The predicted molar refractivity (Wildman–Crippen MR) is 51.8 cm³/mol. The minimum atomic E-state index is 0.948. The number of hydrogen-bond acceptors (Lipinski definition) is 1. The van der Waals surface area contributed by atoms with Crippen LogP contribution in [0.5, 0.6) is 0 Å². The van der Waals surface area contributed by atoms with E-state index in [-0.39, 0.29) is 0 Å². The highest BCUT2D eigenvalue weighted by molar-refractivity contribution is 9.09. The van der Waals surface area contributed by atoms with Crippen molar-refractivity contribution in [2.24, 2.45) is 0 Å². The maximum Gasteiger partial charge on any atom is 0.0627 e. The van der Waals surface area contributed by atoms with Gasteiger partial charge in [-0.2, -0.15) is 0 Å². The van der Waals surface area contributed by atoms with Crippen molar-refractivity contribution in [2.45, 2.75) is 6.42 Å². The lowest BCUT2D eigenvalue weighted by molar-refractivity contribution is 1.05. The Balaban J connectivity index is 2.82. The maximum atomic E-state index is 4.33. The summed E-state index contributed by atoms with van der Waals surface area (Å²) < 4.78 is 0. The van der Waals surface area contributed by atoms with Gasteiger partial charge in [0.25, 0.3) is 0 Å². The van der Waals surface area contributed by atoms with Crippen LogP contribution in [0.2, 0.25) is 0 Å². The summed E-state index contributed by atoms with van der Waals surface area (Å²) in [5, 5.41) is 0.959. The van der Waals surface area contributed by atoms with Gasteiger partial charge in [0.2, 0.25) is 0 Å². The van der Waals surface area contributed by atoms with E-state index in [1.54, 1.807) is 6.08 Å². The molecule has 0 saturated carbocycles. The van der Waals surface area contributed by atoms with Gasteiger partial charge in [0, 0.05) is 11.0 Å². The predicted octanol–water partition coefficient (Wildman–Crippen LogP) is 2.66. The summed E-state index contributed by atoms with van der Waals surface area (Å²) in [4.78, 5) is 4.33. The fourth-order valence-electron chi connectivity index (χ4n) is 0.848. The van der Waals surface area contributed by atoms with E-state index in [9.17, 15) is 0 Å². The molecule has 0 atom stereocenters. The number of rotatable bonds is 3. The Kier molecular flexibility index (Phi) is 3.30. The lowest BCUT2D eigenvalue weighted by atomic mass is 10.2. The molecule has 0 fully saturated rings. The van der Waals surface area contributed by atoms with Crippen molar-refractivity contribution in [2.75, 3.05) is 5.33 Å². The molecule has 0 aliphatic heterocycles. The van der Waals surface area contributed by atoms with Crippen LogP contribution in [0.3, 0.4) is 0 Å². The minimum absolute atomic E-state index is 0.948. The molecule has 0 bridgehead atoms. The molecule has 1 heterocycles. The van der Waals surface area contributed by atoms with Crippen molar-refractivity contribution < 1.29 is 0 Å². The van der Waals surface area contributed by atoms with Crippen LogP contribution in [-0.2, 0) is 6.42 Å². The topological polar surface area (TPSA) is 12.9 Å². The number of halogens is 1. The van der Waals surface area contributed by atoms with Crippen LogP contribution in [0.25, 0.3) is 6.08 Å². The molecule has 2 heteroatoms. The molecule has 0 saturated heterocycles. The van der Waals surface area contributed by atoms with Gasteiger partial charge < -0.3 is 0 Å². The molecule has 58 valence electrons. The first-order chi connectivity index (χ1) is 5.36. The van der Waals surface area contributed by atoms with Gasteiger partial charge in [-0.25, -0.2) is 0 Å². The summed E-state index contributed by atoms with van der Waals surface area (Å²) in [6, 6.07) is 5.97. The van der Waals surface area contributed by atoms with Crippen LogP contribution in [0, 0.1) is 0 Å². The Morgan fingerprint density at radius 1 is 1.55 bits per heavy atom. The molecular formula is C9H10BrN. The summed E-state index contributed by atoms with van der Waals surface area (Å²) in [5.74, 6) is 0. The van der Waals surface area contributed by atoms with E-state index >= 15 is 0 Å². The van der Waals surface area contributed by atoms with Gasteiger partial charge in [-0.05, 0) is 24.6 Å². The molecule has 0 unspecified atom stereocenters. The van der Waals surface area contributed by atoms with Crippen LogP contribution < -0.4 is 0 Å². The third kappa shape index (κ3) is 2.46. The number of nitrogens with zero attached hydrogens (tertiary/aromatic N) is 1. The largest absolute Gasteiger partial charge is 0.253 e. The van der Waals surface area contributed by atoms with Crippen molar-refractivity contribution in [1.82, 2.24) is 4.98 Å². The van der Waals surface area contributed by atoms with Gasteiger partial charge in [0.05, 0.1) is 5.69 Å². The van der Waals surface area contributed by atoms with Gasteiger partial charge in [-0.1, -0.05) is 28.6 Å². The molecule has 0 aliphatic rings. The normalized spacial score (nSPS) is 9.55. The molecule has 1 aromatic heterocycles. The fraction of sp³-hybridized carbons (Fsp3) is 0.222. The minimum Gasteiger partial charge on any atom is -0.253 e. The van der Waals surface area contributed by atoms with Crippen molar-refractivity contribution >= 4 is 22.0 Å². The van der Waals surface area contributed by atoms with E-state index in [1.807, 2.05) is 18.2 Å². The third-order valence-corrected chi connectivity index (χ3v) is 1.78. The molecule has 0 radical (unpaired) electrons. The second-order valence-corrected chi connectivity index (χ2v) is 2.99. The average molecular weight is 212 g/mol. The number of hydrogen-bond donors (Lipinski definition) is 0. The Bertz CT molecular complexity index is 245. The zero-order valence-electron chi connectivity index (χ0n) is 6.26. The number of alkyl halides is 1. The zero-order chi connectivity index (χ0) is 8.10. The first-order valence-electron chi connectivity index (χ1n) is 3.51. The number of aryl methyl sites for hydroxylation is 1. The van der Waals surface area contributed by atoms with E-state index < -0.39 is 0 Å². The summed E-state index contributed by atoms with van der Waals surface area (Å²) in [6.07, 6.45) is 2.74. The molecule has 0 aliphatic carbocycles. The molecule has 0 N–H and O–H groups in total. The summed E-state index contributed by atoms with van der Waals surface area (Å²) in [6.45, 7) is 3.66. The zero-order valence-corrected chi connectivity index (χ0v) is 7.84. The van der Waals surface area contributed by atoms with Crippen molar-refractivity contribution in [1.29, 1.82) is 0 Å². The van der Waals surface area contributed by atoms with Gasteiger partial charge in [0.15, 0.2) is 0 Å². The van der Waals surface area contributed by atoms with Crippen molar-refractivity contribution in [3.8, 4) is 0 Å². The van der Waals surface area contributed by atoms with Gasteiger partial charge in [-0.15, -0.1) is 0 Å². The first-order valence-corrected chi connectivity index (χ1v) is 4.63. The quantitative estimate of drug-likeness (QED) is 0.702. The lowest BCUT2D eigenvalue weighted by Crippen LogP contribution is -1.91. The average Bonchev–Trinajstić information content (AvgIpc) is 2.06. The Morgan fingerprint density at radius 3 is 3.00 bits per heavy atom. The van der Waals surface area contributed by atoms with Crippen molar-refractivity contribution in [3.63, 3.8) is 0 Å². The highest BCUT2D eigenvalue weighted by atomic mass is 79.9. The van der Waals surface area contributed by atoms with Gasteiger partial charge in [0.1, 0.15) is 0 Å². The summed E-state index contributed by atoms with van der Waals surface area (Å²) >= 11 is 3.37. The van der Waals surface area contributed by atoms with Crippen LogP contribution in [0.4, 0.5) is 0 Å². The summed E-state index contributed by atoms with van der Waals surface area (Å²) in [5.41, 5.74) is 2.06. The van der Waals surface area contributed by atoms with Crippen LogP contribution in [-0.4, -0.2) is 10.3 Å². The lowest BCUT2D eigenvalue weighted by Gasteiger charge is -1.97. The van der Waals surface area contributed by atoms with E-state index in [2.05, 4.69) is 27.5 Å². The standard InChI is InChI=1S/C9H10BrN/c1-2-8-4-3-5-9(11-8)6-7-10/h2-5H,1,6-7H2. The molecule has 0 aromatic carbocycles. The maximum absolute atomic E-state index is 4.33. The van der Waals surface area contributed by atoms with E-state index in [0.717, 1.165) is 23.1 Å². The van der Waals surface area contributed by atoms with Crippen LogP contribution >= 0.6 is 15.9 Å². The second-order valence-electron chi connectivity index (χ2n) is 2.20. The third-order valence-electron chi connectivity index (χ3n) is 1.39. The molecule has 1 nitrogen and oxygen atoms in total. The van der Waals surface area contributed by atoms with E-state index in [1.165, 1.54) is 0 Å². The highest BCUT2D eigenvalue weighted by Gasteiger charge is 1.92. The van der Waals surface area contributed by atoms with Crippen LogP contribution in [0.1, 0.15) is 11.4 Å². The fourth-order valence-corrected chi connectivity index (χ4v) is 1.25. The second kappa shape index (κ2) is 4.29. The van der Waals surface area contributed by atoms with E-state index in [4.69, 9.17) is 0 Å². The first kappa shape index (κ1) is 8.47. The highest BCUT2D eigenvalue weighted by Crippen LogP contribution is 2.02.